The number of anilines is 1. The zero-order valence-corrected chi connectivity index (χ0v) is 12.3. The minimum Gasteiger partial charge on any atom is -0.364 e. The Bertz CT molecular complexity index is 648. The van der Waals surface area contributed by atoms with Gasteiger partial charge in [0.05, 0.1) is 16.7 Å². The van der Waals surface area contributed by atoms with Gasteiger partial charge in [-0.15, -0.1) is 0 Å². The van der Waals surface area contributed by atoms with Crippen LogP contribution >= 0.6 is 0 Å². The van der Waals surface area contributed by atoms with Gasteiger partial charge in [0.1, 0.15) is 11.9 Å². The van der Waals surface area contributed by atoms with Crippen molar-refractivity contribution >= 4 is 21.4 Å². The molecule has 0 spiro atoms. The fourth-order valence-corrected chi connectivity index (χ4v) is 2.76. The lowest BCUT2D eigenvalue weighted by Gasteiger charge is -2.13. The summed E-state index contributed by atoms with van der Waals surface area (Å²) >= 11 is 0. The average Bonchev–Trinajstić information content (AvgIpc) is 2.88. The monoisotopic (exact) mass is 316 g/mol. The summed E-state index contributed by atoms with van der Waals surface area (Å²) in [5.74, 6) is -1.21. The van der Waals surface area contributed by atoms with Gasteiger partial charge in [-0.25, -0.2) is 12.8 Å². The van der Waals surface area contributed by atoms with Gasteiger partial charge >= 0.3 is 0 Å². The van der Waals surface area contributed by atoms with E-state index in [1.165, 1.54) is 0 Å². The van der Waals surface area contributed by atoms with Gasteiger partial charge in [0, 0.05) is 12.8 Å². The predicted molar refractivity (Wildman–Crippen MR) is 75.1 cm³/mol. The molecule has 2 rings (SSSR count). The van der Waals surface area contributed by atoms with Gasteiger partial charge in [-0.3, -0.25) is 4.79 Å². The Kier molecular flexibility index (Phi) is 4.60. The maximum absolute atomic E-state index is 13.7. The third-order valence-corrected chi connectivity index (χ3v) is 4.40. The highest BCUT2D eigenvalue weighted by atomic mass is 32.2. The molecule has 1 heterocycles. The summed E-state index contributed by atoms with van der Waals surface area (Å²) in [7, 11) is -3.48. The van der Waals surface area contributed by atoms with Crippen molar-refractivity contribution in [1.29, 1.82) is 0 Å². The van der Waals surface area contributed by atoms with Crippen LogP contribution in [0.1, 0.15) is 12.8 Å². The van der Waals surface area contributed by atoms with Gasteiger partial charge in [-0.2, -0.15) is 0 Å². The molecule has 2 atom stereocenters. The molecule has 0 aliphatic carbocycles. The molecule has 0 radical (unpaired) electrons. The van der Waals surface area contributed by atoms with E-state index in [4.69, 9.17) is 10.5 Å². The van der Waals surface area contributed by atoms with E-state index in [1.54, 1.807) is 0 Å². The Hall–Kier alpha value is -1.51. The summed E-state index contributed by atoms with van der Waals surface area (Å²) in [4.78, 5) is 11.9. The van der Waals surface area contributed by atoms with Crippen LogP contribution in [0.4, 0.5) is 10.1 Å². The van der Waals surface area contributed by atoms with E-state index in [-0.39, 0.29) is 16.7 Å². The van der Waals surface area contributed by atoms with Gasteiger partial charge in [0.25, 0.3) is 5.91 Å². The van der Waals surface area contributed by atoms with Crippen molar-refractivity contribution in [3.8, 4) is 0 Å². The summed E-state index contributed by atoms with van der Waals surface area (Å²) < 4.78 is 42.0. The van der Waals surface area contributed by atoms with Crippen molar-refractivity contribution in [3.05, 3.63) is 24.0 Å². The van der Waals surface area contributed by atoms with Crippen LogP contribution in [0.3, 0.4) is 0 Å². The zero-order valence-electron chi connectivity index (χ0n) is 11.5. The Labute approximate surface area is 122 Å². The Balaban J connectivity index is 2.14. The fraction of sp³-hybridized carbons (Fsp3) is 0.462. The van der Waals surface area contributed by atoms with E-state index in [0.717, 1.165) is 24.5 Å². The molecule has 6 nitrogen and oxygen atoms in total. The molecule has 0 saturated carbocycles. The van der Waals surface area contributed by atoms with Crippen LogP contribution in [0, 0.1) is 5.82 Å². The number of carbonyl (C=O) groups is 1. The summed E-state index contributed by atoms with van der Waals surface area (Å²) in [6, 6.07) is 3.25. The van der Waals surface area contributed by atoms with E-state index >= 15 is 0 Å². The first-order valence-corrected chi connectivity index (χ1v) is 8.36. The van der Waals surface area contributed by atoms with Gasteiger partial charge in [0.2, 0.25) is 0 Å². The largest absolute Gasteiger partial charge is 0.364 e. The molecule has 1 aliphatic heterocycles. The zero-order chi connectivity index (χ0) is 15.6. The molecule has 21 heavy (non-hydrogen) atoms. The molecular weight excluding hydrogens is 299 g/mol. The first-order chi connectivity index (χ1) is 9.81. The van der Waals surface area contributed by atoms with Crippen molar-refractivity contribution < 1.29 is 22.3 Å². The number of rotatable bonds is 4. The van der Waals surface area contributed by atoms with E-state index in [2.05, 4.69) is 5.32 Å². The second-order valence-electron chi connectivity index (χ2n) is 4.96. The summed E-state index contributed by atoms with van der Waals surface area (Å²) in [6.45, 7) is 0.321. The molecule has 1 aliphatic rings. The molecule has 0 bridgehead atoms. The summed E-state index contributed by atoms with van der Waals surface area (Å²) in [6.07, 6.45) is 1.31. The average molecular weight is 316 g/mol. The van der Waals surface area contributed by atoms with Gasteiger partial charge in [-0.05, 0) is 31.0 Å². The number of amides is 1. The van der Waals surface area contributed by atoms with Crippen molar-refractivity contribution in [2.24, 2.45) is 5.73 Å². The third kappa shape index (κ3) is 3.78. The van der Waals surface area contributed by atoms with Crippen LogP contribution in [0.2, 0.25) is 0 Å². The second kappa shape index (κ2) is 6.08. The number of benzene rings is 1. The molecule has 1 aromatic rings. The first-order valence-electron chi connectivity index (χ1n) is 6.47. The molecule has 8 heteroatoms. The van der Waals surface area contributed by atoms with Gasteiger partial charge in [0.15, 0.2) is 9.84 Å². The Morgan fingerprint density at radius 1 is 1.48 bits per heavy atom. The van der Waals surface area contributed by atoms with Crippen LogP contribution in [-0.2, 0) is 19.4 Å². The molecule has 3 N–H and O–H groups in total. The fourth-order valence-electron chi connectivity index (χ4n) is 2.12. The predicted octanol–water partition coefficient (Wildman–Crippen LogP) is 0.674. The third-order valence-electron chi connectivity index (χ3n) is 3.29. The van der Waals surface area contributed by atoms with Crippen LogP contribution < -0.4 is 11.1 Å². The Morgan fingerprint density at radius 2 is 2.19 bits per heavy atom. The standard InChI is InChI=1S/C13H17FN2O4S/c1-21(18,19)9-3-4-10(14)11(6-9)16-13(17)12-5-2-8(7-15)20-12/h3-4,6,8,12H,2,5,7,15H2,1H3,(H,16,17). The number of halogens is 1. The van der Waals surface area contributed by atoms with Crippen LogP contribution in [-0.4, -0.2) is 39.3 Å². The quantitative estimate of drug-likeness (QED) is 0.796. The number of hydrogen-bond donors (Lipinski definition) is 2. The number of hydrogen-bond acceptors (Lipinski definition) is 5. The number of sulfone groups is 1. The first kappa shape index (κ1) is 15.9. The topological polar surface area (TPSA) is 98.5 Å². The van der Waals surface area contributed by atoms with Crippen LogP contribution in [0.25, 0.3) is 0 Å². The highest BCUT2D eigenvalue weighted by Crippen LogP contribution is 2.23. The normalized spacial score (nSPS) is 22.2. The lowest BCUT2D eigenvalue weighted by atomic mass is 10.2. The molecule has 2 unspecified atom stereocenters. The lowest BCUT2D eigenvalue weighted by Crippen LogP contribution is -2.30. The van der Waals surface area contributed by atoms with Crippen molar-refractivity contribution in [3.63, 3.8) is 0 Å². The van der Waals surface area contributed by atoms with E-state index in [1.807, 2.05) is 0 Å². The maximum Gasteiger partial charge on any atom is 0.253 e. The van der Waals surface area contributed by atoms with Crippen molar-refractivity contribution in [2.45, 2.75) is 29.9 Å². The molecule has 1 fully saturated rings. The van der Waals surface area contributed by atoms with Gasteiger partial charge < -0.3 is 15.8 Å². The molecule has 116 valence electrons. The molecule has 0 aromatic heterocycles. The van der Waals surface area contributed by atoms with Crippen LogP contribution in [0.15, 0.2) is 23.1 Å². The molecule has 1 amide bonds. The van der Waals surface area contributed by atoms with Crippen molar-refractivity contribution in [1.82, 2.24) is 0 Å². The SMILES string of the molecule is CS(=O)(=O)c1ccc(F)c(NC(=O)C2CCC(CN)O2)c1. The smallest absolute Gasteiger partial charge is 0.253 e. The minimum atomic E-state index is -3.48. The van der Waals surface area contributed by atoms with E-state index in [9.17, 15) is 17.6 Å². The number of nitrogens with two attached hydrogens (primary N) is 1. The summed E-state index contributed by atoms with van der Waals surface area (Å²) in [5, 5.41) is 2.37. The number of ether oxygens (including phenoxy) is 1. The highest BCUT2D eigenvalue weighted by Gasteiger charge is 2.30. The Morgan fingerprint density at radius 3 is 2.76 bits per heavy atom. The van der Waals surface area contributed by atoms with E-state index < -0.39 is 27.7 Å². The lowest BCUT2D eigenvalue weighted by molar-refractivity contribution is -0.126. The summed E-state index contributed by atoms with van der Waals surface area (Å²) in [5.41, 5.74) is 5.28. The van der Waals surface area contributed by atoms with Gasteiger partial charge in [-0.1, -0.05) is 0 Å². The van der Waals surface area contributed by atoms with Crippen molar-refractivity contribution in [2.75, 3.05) is 18.1 Å². The number of carbonyl (C=O) groups excluding carboxylic acids is 1. The molecular formula is C13H17FN2O4S. The number of nitrogens with one attached hydrogen (secondary N) is 1. The minimum absolute atomic E-state index is 0.0635. The maximum atomic E-state index is 13.7. The van der Waals surface area contributed by atoms with E-state index in [0.29, 0.717) is 19.4 Å². The van der Waals surface area contributed by atoms with Crippen LogP contribution in [0.5, 0.6) is 0 Å². The highest BCUT2D eigenvalue weighted by molar-refractivity contribution is 7.90. The molecule has 1 aromatic carbocycles. The molecule has 1 saturated heterocycles. The second-order valence-corrected chi connectivity index (χ2v) is 6.98.